The van der Waals surface area contributed by atoms with E-state index in [0.717, 1.165) is 6.07 Å². The molecule has 0 fully saturated rings. The van der Waals surface area contributed by atoms with E-state index >= 15 is 0 Å². The van der Waals surface area contributed by atoms with Crippen LogP contribution in [0.2, 0.25) is 0 Å². The van der Waals surface area contributed by atoms with E-state index in [-0.39, 0.29) is 11.4 Å². The number of nitro benzene ring substituents is 2. The molecular formula is C10H6N2O5. The average Bonchev–Trinajstić information content (AvgIpc) is 2.81. The molecule has 0 bridgehead atoms. The number of benzene rings is 1. The number of nitro groups is 2. The van der Waals surface area contributed by atoms with E-state index < -0.39 is 9.85 Å². The van der Waals surface area contributed by atoms with Gasteiger partial charge in [-0.25, -0.2) is 0 Å². The molecule has 1 aromatic carbocycles. The van der Waals surface area contributed by atoms with Crippen molar-refractivity contribution >= 4 is 11.4 Å². The lowest BCUT2D eigenvalue weighted by Gasteiger charge is -1.98. The molecule has 1 heterocycles. The highest BCUT2D eigenvalue weighted by molar-refractivity contribution is 5.65. The van der Waals surface area contributed by atoms with Crippen molar-refractivity contribution in [2.45, 2.75) is 0 Å². The number of hydrogen-bond acceptors (Lipinski definition) is 5. The van der Waals surface area contributed by atoms with E-state index in [1.807, 2.05) is 0 Å². The van der Waals surface area contributed by atoms with Crippen LogP contribution in [0.3, 0.4) is 0 Å². The maximum atomic E-state index is 10.6. The van der Waals surface area contributed by atoms with E-state index in [1.165, 1.54) is 18.4 Å². The molecule has 0 aliphatic heterocycles. The molecule has 0 saturated heterocycles. The molecule has 17 heavy (non-hydrogen) atoms. The largest absolute Gasteiger partial charge is 0.464 e. The minimum absolute atomic E-state index is 0.302. The predicted octanol–water partition coefficient (Wildman–Crippen LogP) is 2.76. The second-order valence-corrected chi connectivity index (χ2v) is 3.23. The zero-order valence-corrected chi connectivity index (χ0v) is 8.40. The van der Waals surface area contributed by atoms with Crippen LogP contribution in [0.25, 0.3) is 11.3 Å². The summed E-state index contributed by atoms with van der Waals surface area (Å²) in [5, 5.41) is 21.3. The molecule has 0 N–H and O–H groups in total. The van der Waals surface area contributed by atoms with Crippen LogP contribution in [-0.2, 0) is 0 Å². The Hall–Kier alpha value is -2.70. The first-order valence-corrected chi connectivity index (χ1v) is 4.55. The van der Waals surface area contributed by atoms with Gasteiger partial charge >= 0.3 is 0 Å². The summed E-state index contributed by atoms with van der Waals surface area (Å²) in [6.07, 6.45) is 1.39. The van der Waals surface area contributed by atoms with Gasteiger partial charge in [-0.05, 0) is 12.1 Å². The molecular weight excluding hydrogens is 228 g/mol. The van der Waals surface area contributed by atoms with Crippen molar-refractivity contribution in [1.82, 2.24) is 0 Å². The molecule has 1 aromatic heterocycles. The normalized spacial score (nSPS) is 10.1. The quantitative estimate of drug-likeness (QED) is 0.600. The lowest BCUT2D eigenvalue weighted by Crippen LogP contribution is -1.93. The lowest BCUT2D eigenvalue weighted by atomic mass is 10.1. The molecule has 0 spiro atoms. The molecule has 2 aromatic rings. The molecule has 2 rings (SSSR count). The zero-order valence-electron chi connectivity index (χ0n) is 8.40. The Balaban J connectivity index is 2.60. The summed E-state index contributed by atoms with van der Waals surface area (Å²) < 4.78 is 5.04. The van der Waals surface area contributed by atoms with Gasteiger partial charge in [-0.2, -0.15) is 0 Å². The van der Waals surface area contributed by atoms with E-state index in [2.05, 4.69) is 0 Å². The van der Waals surface area contributed by atoms with Crippen LogP contribution in [0.1, 0.15) is 0 Å². The van der Waals surface area contributed by atoms with Gasteiger partial charge in [0.25, 0.3) is 11.4 Å². The van der Waals surface area contributed by atoms with Crippen molar-refractivity contribution in [2.75, 3.05) is 0 Å². The van der Waals surface area contributed by atoms with Gasteiger partial charge in [0.2, 0.25) is 0 Å². The van der Waals surface area contributed by atoms with Crippen molar-refractivity contribution in [1.29, 1.82) is 0 Å². The topological polar surface area (TPSA) is 99.4 Å². The molecule has 0 amide bonds. The monoisotopic (exact) mass is 234 g/mol. The predicted molar refractivity (Wildman–Crippen MR) is 57.5 cm³/mol. The Morgan fingerprint density at radius 3 is 2.00 bits per heavy atom. The Morgan fingerprint density at radius 2 is 1.59 bits per heavy atom. The van der Waals surface area contributed by atoms with Gasteiger partial charge < -0.3 is 4.42 Å². The number of hydrogen-bond donors (Lipinski definition) is 0. The van der Waals surface area contributed by atoms with Crippen LogP contribution in [0.5, 0.6) is 0 Å². The number of rotatable bonds is 3. The van der Waals surface area contributed by atoms with Crippen LogP contribution in [0.15, 0.2) is 41.0 Å². The number of non-ortho nitro benzene ring substituents is 2. The standard InChI is InChI=1S/C10H6N2O5/c13-11(14)8-4-7(10-2-1-3-17-10)5-9(6-8)12(15)16/h1-6H. The van der Waals surface area contributed by atoms with Gasteiger partial charge in [0.15, 0.2) is 0 Å². The van der Waals surface area contributed by atoms with Crippen molar-refractivity contribution in [3.63, 3.8) is 0 Å². The Labute approximate surface area is 94.6 Å². The van der Waals surface area contributed by atoms with Crippen molar-refractivity contribution < 1.29 is 14.3 Å². The molecule has 86 valence electrons. The molecule has 0 unspecified atom stereocenters. The van der Waals surface area contributed by atoms with Crippen molar-refractivity contribution in [2.24, 2.45) is 0 Å². The third-order valence-electron chi connectivity index (χ3n) is 2.13. The first kappa shape index (κ1) is 10.8. The van der Waals surface area contributed by atoms with Crippen LogP contribution in [-0.4, -0.2) is 9.85 Å². The fourth-order valence-corrected chi connectivity index (χ4v) is 1.39. The van der Waals surface area contributed by atoms with E-state index in [9.17, 15) is 20.2 Å². The van der Waals surface area contributed by atoms with Gasteiger partial charge in [-0.1, -0.05) is 0 Å². The summed E-state index contributed by atoms with van der Waals surface area (Å²) in [6.45, 7) is 0. The minimum Gasteiger partial charge on any atom is -0.464 e. The first-order chi connectivity index (χ1) is 8.08. The highest BCUT2D eigenvalue weighted by Gasteiger charge is 2.17. The van der Waals surface area contributed by atoms with Crippen molar-refractivity contribution in [3.8, 4) is 11.3 Å². The maximum Gasteiger partial charge on any atom is 0.277 e. The summed E-state index contributed by atoms with van der Waals surface area (Å²) in [4.78, 5) is 19.9. The number of nitrogens with zero attached hydrogens (tertiary/aromatic N) is 2. The fourth-order valence-electron chi connectivity index (χ4n) is 1.39. The van der Waals surface area contributed by atoms with Crippen LogP contribution < -0.4 is 0 Å². The molecule has 7 heteroatoms. The third-order valence-corrected chi connectivity index (χ3v) is 2.13. The molecule has 0 aliphatic carbocycles. The van der Waals surface area contributed by atoms with E-state index in [1.54, 1.807) is 12.1 Å². The van der Waals surface area contributed by atoms with Gasteiger partial charge in [0.05, 0.1) is 22.2 Å². The Morgan fingerprint density at radius 1 is 1.00 bits per heavy atom. The third kappa shape index (κ3) is 2.12. The van der Waals surface area contributed by atoms with Crippen LogP contribution in [0.4, 0.5) is 11.4 Å². The molecule has 0 saturated carbocycles. The smallest absolute Gasteiger partial charge is 0.277 e. The Kier molecular flexibility index (Phi) is 2.57. The molecule has 0 radical (unpaired) electrons. The highest BCUT2D eigenvalue weighted by atomic mass is 16.6. The summed E-state index contributed by atoms with van der Waals surface area (Å²) in [6, 6.07) is 6.53. The molecule has 0 aliphatic rings. The first-order valence-electron chi connectivity index (χ1n) is 4.55. The SMILES string of the molecule is O=[N+]([O-])c1cc(-c2ccco2)cc([N+](=O)[O-])c1. The van der Waals surface area contributed by atoms with Crippen LogP contribution in [0, 0.1) is 20.2 Å². The minimum atomic E-state index is -0.681. The van der Waals surface area contributed by atoms with Gasteiger partial charge in [0, 0.05) is 17.7 Å². The van der Waals surface area contributed by atoms with Gasteiger partial charge in [-0.15, -0.1) is 0 Å². The molecule has 0 atom stereocenters. The summed E-state index contributed by atoms with van der Waals surface area (Å²) in [5.41, 5.74) is -0.382. The van der Waals surface area contributed by atoms with E-state index in [4.69, 9.17) is 4.42 Å². The summed E-state index contributed by atoms with van der Waals surface area (Å²) in [5.74, 6) is 0.344. The number of furan rings is 1. The summed E-state index contributed by atoms with van der Waals surface area (Å²) in [7, 11) is 0. The highest BCUT2D eigenvalue weighted by Crippen LogP contribution is 2.29. The van der Waals surface area contributed by atoms with Crippen LogP contribution >= 0.6 is 0 Å². The van der Waals surface area contributed by atoms with E-state index in [0.29, 0.717) is 11.3 Å². The maximum absolute atomic E-state index is 10.6. The summed E-state index contributed by atoms with van der Waals surface area (Å²) >= 11 is 0. The van der Waals surface area contributed by atoms with Gasteiger partial charge in [-0.3, -0.25) is 20.2 Å². The fraction of sp³-hybridized carbons (Fsp3) is 0. The van der Waals surface area contributed by atoms with Crippen molar-refractivity contribution in [3.05, 3.63) is 56.8 Å². The zero-order chi connectivity index (χ0) is 12.4. The second-order valence-electron chi connectivity index (χ2n) is 3.23. The van der Waals surface area contributed by atoms with Gasteiger partial charge in [0.1, 0.15) is 5.76 Å². The second kappa shape index (κ2) is 4.05. The molecule has 7 nitrogen and oxygen atoms in total. The average molecular weight is 234 g/mol. The Bertz CT molecular complexity index is 544. The lowest BCUT2D eigenvalue weighted by molar-refractivity contribution is -0.394.